The quantitative estimate of drug-likeness (QED) is 0.371. The zero-order valence-electron chi connectivity index (χ0n) is 15.7. The number of nitrogens with zero attached hydrogens (tertiary/aromatic N) is 4. The van der Waals surface area contributed by atoms with Crippen LogP contribution in [-0.2, 0) is 6.54 Å². The molecule has 1 aromatic heterocycles. The van der Waals surface area contributed by atoms with Gasteiger partial charge in [-0.1, -0.05) is 20.8 Å². The van der Waals surface area contributed by atoms with Crippen LogP contribution < -0.4 is 16.0 Å². The summed E-state index contributed by atoms with van der Waals surface area (Å²) in [5.41, 5.74) is 7.07. The van der Waals surface area contributed by atoms with E-state index in [4.69, 9.17) is 5.73 Å². The number of rotatable bonds is 7. The summed E-state index contributed by atoms with van der Waals surface area (Å²) in [5, 5.41) is 3.17. The number of hydrogen-bond acceptors (Lipinski definition) is 4. The maximum absolute atomic E-state index is 5.93. The van der Waals surface area contributed by atoms with E-state index in [1.165, 1.54) is 0 Å². The van der Waals surface area contributed by atoms with Crippen LogP contribution in [0, 0.1) is 5.92 Å². The first-order valence-corrected chi connectivity index (χ1v) is 9.04. The van der Waals surface area contributed by atoms with Gasteiger partial charge < -0.3 is 20.9 Å². The van der Waals surface area contributed by atoms with Gasteiger partial charge in [0.05, 0.1) is 6.54 Å². The van der Waals surface area contributed by atoms with Crippen LogP contribution in [0.1, 0.15) is 32.8 Å². The van der Waals surface area contributed by atoms with Crippen molar-refractivity contribution in [3.05, 3.63) is 23.9 Å². The molecule has 0 saturated carbocycles. The van der Waals surface area contributed by atoms with Crippen LogP contribution in [0.2, 0.25) is 0 Å². The lowest BCUT2D eigenvalue weighted by Crippen LogP contribution is -2.46. The zero-order valence-corrected chi connectivity index (χ0v) is 18.1. The molecule has 3 N–H and O–H groups in total. The Kier molecular flexibility index (Phi) is 10.1. The van der Waals surface area contributed by atoms with Gasteiger partial charge in [0.25, 0.3) is 0 Å². The molecule has 0 spiro atoms. The molecule has 0 bridgehead atoms. The lowest BCUT2D eigenvalue weighted by molar-refractivity contribution is 0.270. The van der Waals surface area contributed by atoms with Crippen molar-refractivity contribution >= 4 is 35.8 Å². The van der Waals surface area contributed by atoms with Gasteiger partial charge in [-0.3, -0.25) is 0 Å². The average molecular weight is 460 g/mol. The number of aromatic nitrogens is 1. The molecule has 0 radical (unpaired) electrons. The van der Waals surface area contributed by atoms with Crippen molar-refractivity contribution in [2.45, 2.75) is 33.7 Å². The molecular weight excluding hydrogens is 427 g/mol. The summed E-state index contributed by atoms with van der Waals surface area (Å²) in [7, 11) is 0. The number of halogens is 1. The first-order chi connectivity index (χ1) is 11.6. The minimum atomic E-state index is 0. The summed E-state index contributed by atoms with van der Waals surface area (Å²) in [6.07, 6.45) is 2.97. The number of aliphatic imine (C=N–C) groups is 1. The van der Waals surface area contributed by atoms with Gasteiger partial charge in [-0.2, -0.15) is 0 Å². The SMILES string of the molecule is CCN1CCN(c2cc(CN=C(N)NCCC(C)C)ccn2)CC1.I. The third-order valence-electron chi connectivity index (χ3n) is 4.41. The molecule has 6 nitrogen and oxygen atoms in total. The molecule has 1 aliphatic rings. The lowest BCUT2D eigenvalue weighted by atomic mass is 10.1. The van der Waals surface area contributed by atoms with Crippen molar-refractivity contribution in [1.82, 2.24) is 15.2 Å². The predicted octanol–water partition coefficient (Wildman–Crippen LogP) is 2.29. The number of anilines is 1. The Bertz CT molecular complexity index is 526. The number of nitrogens with two attached hydrogens (primary N) is 1. The average Bonchev–Trinajstić information content (AvgIpc) is 2.60. The molecule has 1 aromatic rings. The Labute approximate surface area is 169 Å². The molecule has 0 aliphatic carbocycles. The molecule has 0 unspecified atom stereocenters. The van der Waals surface area contributed by atoms with Gasteiger partial charge in [-0.05, 0) is 36.6 Å². The van der Waals surface area contributed by atoms with Gasteiger partial charge >= 0.3 is 0 Å². The Morgan fingerprint density at radius 1 is 1.32 bits per heavy atom. The van der Waals surface area contributed by atoms with Gasteiger partial charge in [0.15, 0.2) is 5.96 Å². The van der Waals surface area contributed by atoms with Gasteiger partial charge in [0, 0.05) is 38.9 Å². The van der Waals surface area contributed by atoms with Crippen molar-refractivity contribution in [3.8, 4) is 0 Å². The standard InChI is InChI=1S/C18H32N6.HI/c1-4-23-9-11-24(12-10-23)17-13-16(6-8-20-17)14-22-18(19)21-7-5-15(2)3;/h6,8,13,15H,4-5,7,9-12,14H2,1-3H3,(H3,19,21,22);1H. The number of likely N-dealkylation sites (N-methyl/N-ethyl adjacent to an activating group) is 1. The van der Waals surface area contributed by atoms with Crippen LogP contribution in [0.5, 0.6) is 0 Å². The number of guanidine groups is 1. The van der Waals surface area contributed by atoms with E-state index in [1.54, 1.807) is 0 Å². The molecule has 1 aliphatic heterocycles. The minimum Gasteiger partial charge on any atom is -0.370 e. The van der Waals surface area contributed by atoms with Crippen molar-refractivity contribution in [2.24, 2.45) is 16.6 Å². The number of nitrogens with one attached hydrogen (secondary N) is 1. The minimum absolute atomic E-state index is 0. The van der Waals surface area contributed by atoms with Crippen molar-refractivity contribution in [1.29, 1.82) is 0 Å². The molecule has 1 saturated heterocycles. The maximum atomic E-state index is 5.93. The van der Waals surface area contributed by atoms with E-state index in [0.717, 1.165) is 57.1 Å². The monoisotopic (exact) mass is 460 g/mol. The molecule has 1 fully saturated rings. The first-order valence-electron chi connectivity index (χ1n) is 9.04. The van der Waals surface area contributed by atoms with Crippen LogP contribution in [0.3, 0.4) is 0 Å². The highest BCUT2D eigenvalue weighted by molar-refractivity contribution is 14.0. The Hall–Kier alpha value is -1.09. The zero-order chi connectivity index (χ0) is 17.4. The molecule has 142 valence electrons. The van der Waals surface area contributed by atoms with E-state index in [-0.39, 0.29) is 24.0 Å². The number of hydrogen-bond donors (Lipinski definition) is 2. The second-order valence-corrected chi connectivity index (χ2v) is 6.75. The summed E-state index contributed by atoms with van der Waals surface area (Å²) < 4.78 is 0. The van der Waals surface area contributed by atoms with Crippen molar-refractivity contribution in [2.75, 3.05) is 44.2 Å². The Morgan fingerprint density at radius 2 is 2.04 bits per heavy atom. The largest absolute Gasteiger partial charge is 0.370 e. The highest BCUT2D eigenvalue weighted by atomic mass is 127. The Balaban J connectivity index is 0.00000312. The van der Waals surface area contributed by atoms with E-state index in [2.05, 4.69) is 51.9 Å². The topological polar surface area (TPSA) is 69.8 Å². The van der Waals surface area contributed by atoms with E-state index < -0.39 is 0 Å². The normalized spacial score (nSPS) is 16.0. The fourth-order valence-corrected chi connectivity index (χ4v) is 2.75. The number of pyridine rings is 1. The third-order valence-corrected chi connectivity index (χ3v) is 4.41. The summed E-state index contributed by atoms with van der Waals surface area (Å²) in [6, 6.07) is 4.14. The molecule has 2 heterocycles. The van der Waals surface area contributed by atoms with Crippen LogP contribution >= 0.6 is 24.0 Å². The van der Waals surface area contributed by atoms with Crippen LogP contribution in [0.4, 0.5) is 5.82 Å². The fraction of sp³-hybridized carbons (Fsp3) is 0.667. The van der Waals surface area contributed by atoms with Crippen LogP contribution in [-0.4, -0.2) is 55.1 Å². The highest BCUT2D eigenvalue weighted by Crippen LogP contribution is 2.15. The predicted molar refractivity (Wildman–Crippen MR) is 117 cm³/mol. The summed E-state index contributed by atoms with van der Waals surface area (Å²) >= 11 is 0. The van der Waals surface area contributed by atoms with Gasteiger partial charge in [-0.25, -0.2) is 9.98 Å². The smallest absolute Gasteiger partial charge is 0.188 e. The highest BCUT2D eigenvalue weighted by Gasteiger charge is 2.16. The number of piperazine rings is 1. The van der Waals surface area contributed by atoms with Gasteiger partial charge in [0.1, 0.15) is 5.82 Å². The molecule has 0 aromatic carbocycles. The summed E-state index contributed by atoms with van der Waals surface area (Å²) in [5.74, 6) is 2.23. The Morgan fingerprint density at radius 3 is 2.68 bits per heavy atom. The molecule has 7 heteroatoms. The first kappa shape index (κ1) is 22.0. The third kappa shape index (κ3) is 7.77. The molecule has 2 rings (SSSR count). The molecule has 25 heavy (non-hydrogen) atoms. The molecular formula is C18H33IN6. The fourth-order valence-electron chi connectivity index (χ4n) is 2.75. The second-order valence-electron chi connectivity index (χ2n) is 6.75. The van der Waals surface area contributed by atoms with Crippen LogP contribution in [0.25, 0.3) is 0 Å². The van der Waals surface area contributed by atoms with Crippen molar-refractivity contribution < 1.29 is 0 Å². The van der Waals surface area contributed by atoms with Crippen LogP contribution in [0.15, 0.2) is 23.3 Å². The van der Waals surface area contributed by atoms with E-state index in [9.17, 15) is 0 Å². The second kappa shape index (κ2) is 11.5. The van der Waals surface area contributed by atoms with E-state index in [0.29, 0.717) is 18.4 Å². The molecule has 0 atom stereocenters. The van der Waals surface area contributed by atoms with Crippen molar-refractivity contribution in [3.63, 3.8) is 0 Å². The van der Waals surface area contributed by atoms with E-state index in [1.807, 2.05) is 12.3 Å². The van der Waals surface area contributed by atoms with Gasteiger partial charge in [0.2, 0.25) is 0 Å². The molecule has 0 amide bonds. The lowest BCUT2D eigenvalue weighted by Gasteiger charge is -2.34. The summed E-state index contributed by atoms with van der Waals surface area (Å²) in [4.78, 5) is 13.8. The summed E-state index contributed by atoms with van der Waals surface area (Å²) in [6.45, 7) is 13.5. The van der Waals surface area contributed by atoms with E-state index >= 15 is 0 Å². The maximum Gasteiger partial charge on any atom is 0.188 e. The van der Waals surface area contributed by atoms with Gasteiger partial charge in [-0.15, -0.1) is 24.0 Å².